The van der Waals surface area contributed by atoms with Gasteiger partial charge >= 0.3 is 339 Å². The van der Waals surface area contributed by atoms with Gasteiger partial charge < -0.3 is 0 Å². The molecule has 280 valence electrons. The molecule has 0 aliphatic heterocycles. The van der Waals surface area contributed by atoms with Gasteiger partial charge in [-0.25, -0.2) is 0 Å². The first kappa shape index (κ1) is 38.4. The fraction of sp³-hybridized carbons (Fsp3) is 0.250. The topological polar surface area (TPSA) is 36.9 Å². The molecule has 2 saturated carbocycles. The van der Waals surface area contributed by atoms with E-state index < -0.39 is 38.7 Å². The van der Waals surface area contributed by atoms with Crippen molar-refractivity contribution in [2.75, 3.05) is 0 Å². The van der Waals surface area contributed by atoms with Crippen LogP contribution in [-0.4, -0.2) is 28.8 Å². The van der Waals surface area contributed by atoms with Crippen molar-refractivity contribution in [2.24, 2.45) is 0 Å². The summed E-state index contributed by atoms with van der Waals surface area (Å²) in [4.78, 5) is 0. The summed E-state index contributed by atoms with van der Waals surface area (Å²) in [6, 6.07) is 65.3. The molecule has 0 atom stereocenters. The van der Waals surface area contributed by atoms with Crippen LogP contribution in [0, 0.1) is 0 Å². The average molecular weight is 840 g/mol. The van der Waals surface area contributed by atoms with Crippen molar-refractivity contribution in [1.82, 2.24) is 0 Å². The summed E-state index contributed by atoms with van der Waals surface area (Å²) in [5.41, 5.74) is 0. The Morgan fingerprint density at radius 2 is 0.527 bits per heavy atom. The summed E-state index contributed by atoms with van der Waals surface area (Å²) >= 11 is -5.41. The predicted molar refractivity (Wildman–Crippen MR) is 226 cm³/mol. The molecule has 6 aromatic rings. The van der Waals surface area contributed by atoms with Crippen molar-refractivity contribution in [3.8, 4) is 0 Å². The van der Waals surface area contributed by atoms with E-state index in [0.29, 0.717) is 0 Å². The first-order valence-corrected chi connectivity index (χ1v) is 28.1. The number of benzene rings is 6. The second kappa shape index (κ2) is 18.2. The molecule has 0 bridgehead atoms. The van der Waals surface area contributed by atoms with Gasteiger partial charge in [0.25, 0.3) is 0 Å². The van der Waals surface area contributed by atoms with Gasteiger partial charge in [-0.3, -0.25) is 0 Å². The van der Waals surface area contributed by atoms with Crippen LogP contribution in [-0.2, 0) is 32.7 Å². The maximum absolute atomic E-state index is 8.43. The van der Waals surface area contributed by atoms with Gasteiger partial charge in [0.1, 0.15) is 0 Å². The van der Waals surface area contributed by atoms with Crippen LogP contribution < -0.4 is 31.1 Å². The van der Waals surface area contributed by atoms with E-state index in [1.165, 1.54) is 12.8 Å². The zero-order valence-corrected chi connectivity index (χ0v) is 36.1. The Labute approximate surface area is 336 Å². The van der Waals surface area contributed by atoms with Gasteiger partial charge in [0.2, 0.25) is 0 Å². The van der Waals surface area contributed by atoms with Crippen LogP contribution in [0.25, 0.3) is 0 Å². The molecule has 2 aliphatic rings. The quantitative estimate of drug-likeness (QED) is 0.0828. The summed E-state index contributed by atoms with van der Waals surface area (Å²) in [5.74, 6) is 0. The molecule has 2 aliphatic carbocycles. The molecule has 0 spiro atoms. The Bertz CT molecular complexity index is 1680. The van der Waals surface area contributed by atoms with Gasteiger partial charge in [0.05, 0.1) is 0 Å². The molecule has 0 unspecified atom stereocenters. The fourth-order valence-electron chi connectivity index (χ4n) is 8.68. The Morgan fingerprint density at radius 1 is 0.309 bits per heavy atom. The molecule has 7 heteroatoms. The predicted octanol–water partition coefficient (Wildman–Crippen LogP) is 7.87. The van der Waals surface area contributed by atoms with Crippen molar-refractivity contribution in [2.45, 2.75) is 76.4 Å². The molecule has 2 fully saturated rings. The maximum atomic E-state index is 8.43. The Kier molecular flexibility index (Phi) is 12.7. The third kappa shape index (κ3) is 8.45. The van der Waals surface area contributed by atoms with E-state index >= 15 is 0 Å². The minimum atomic E-state index is -5.41. The Balaban J connectivity index is 1.44. The molecule has 55 heavy (non-hydrogen) atoms. The normalized spacial score (nSPS) is 16.1. The van der Waals surface area contributed by atoms with E-state index in [1.54, 1.807) is 0 Å². The van der Waals surface area contributed by atoms with Gasteiger partial charge in [-0.15, -0.1) is 0 Å². The first-order valence-electron chi connectivity index (χ1n) is 20.3. The standard InChI is InChI=1S/2C18H15OSi.2C6H11O.Zr/c2*19-20(16-10-4-1-5-11-16,17-12-6-2-7-13-17)18-14-8-3-9-15-18;2*7-6-4-2-1-3-5-6;/h2*1-15H;2*6H,1-5H2;/q4*-1;+4. The molecule has 0 amide bonds. The van der Waals surface area contributed by atoms with Crippen molar-refractivity contribution in [3.63, 3.8) is 0 Å². The third-order valence-electron chi connectivity index (χ3n) is 11.4. The second-order valence-corrected chi connectivity index (χ2v) is 28.2. The van der Waals surface area contributed by atoms with E-state index in [1.807, 2.05) is 0 Å². The fourth-order valence-corrected chi connectivity index (χ4v) is 32.9. The van der Waals surface area contributed by atoms with Crippen LogP contribution in [0.2, 0.25) is 0 Å². The van der Waals surface area contributed by atoms with Crippen molar-refractivity contribution >= 4 is 47.8 Å². The molecular formula is C48H52O4Si2Zr. The number of rotatable bonds is 14. The first-order chi connectivity index (χ1) is 27.2. The molecule has 6 aromatic carbocycles. The summed E-state index contributed by atoms with van der Waals surface area (Å²) in [5, 5.41) is 6.93. The van der Waals surface area contributed by atoms with Crippen LogP contribution in [0.5, 0.6) is 0 Å². The monoisotopic (exact) mass is 838 g/mol. The average Bonchev–Trinajstić information content (AvgIpc) is 3.27. The Morgan fingerprint density at radius 3 is 0.745 bits per heavy atom. The number of hydrogen-bond donors (Lipinski definition) is 0. The molecule has 8 rings (SSSR count). The second-order valence-electron chi connectivity index (χ2n) is 15.0. The van der Waals surface area contributed by atoms with Crippen LogP contribution >= 0.6 is 0 Å². The zero-order valence-electron chi connectivity index (χ0n) is 31.7. The van der Waals surface area contributed by atoms with Crippen molar-refractivity contribution in [1.29, 1.82) is 0 Å². The molecule has 0 heterocycles. The van der Waals surface area contributed by atoms with Gasteiger partial charge in [0, 0.05) is 0 Å². The summed E-state index contributed by atoms with van der Waals surface area (Å²) in [6.07, 6.45) is 10.9. The van der Waals surface area contributed by atoms with Crippen LogP contribution in [0.3, 0.4) is 0 Å². The van der Waals surface area contributed by atoms with Gasteiger partial charge in [-0.2, -0.15) is 0 Å². The van der Waals surface area contributed by atoms with E-state index in [9.17, 15) is 0 Å². The van der Waals surface area contributed by atoms with Gasteiger partial charge in [-0.05, 0) is 0 Å². The molecular weight excluding hydrogens is 788 g/mol. The third-order valence-corrected chi connectivity index (χ3v) is 30.6. The molecule has 0 radical (unpaired) electrons. The SMILES string of the molecule is c1ccc([Si]([O][Zr]([O]C2CCCCC2)([O]C2CCCCC2)[O][Si](c2ccccc2)(c2ccccc2)c2ccccc2)(c2ccccc2)c2ccccc2)cc1. The van der Waals surface area contributed by atoms with Gasteiger partial charge in [-0.1, -0.05) is 0 Å². The van der Waals surface area contributed by atoms with Gasteiger partial charge in [0.15, 0.2) is 0 Å². The van der Waals surface area contributed by atoms with E-state index in [-0.39, 0.29) is 12.2 Å². The van der Waals surface area contributed by atoms with Crippen LogP contribution in [0.4, 0.5) is 0 Å². The Hall–Kier alpha value is -3.52. The summed E-state index contributed by atoms with van der Waals surface area (Å²) in [7, 11) is -6.78. The van der Waals surface area contributed by atoms with Crippen LogP contribution in [0.15, 0.2) is 182 Å². The molecule has 0 saturated heterocycles. The molecule has 0 aromatic heterocycles. The number of hydrogen-bond acceptors (Lipinski definition) is 4. The van der Waals surface area contributed by atoms with E-state index in [2.05, 4.69) is 182 Å². The zero-order chi connectivity index (χ0) is 37.2. The van der Waals surface area contributed by atoms with Crippen molar-refractivity contribution < 1.29 is 32.7 Å². The summed E-state index contributed by atoms with van der Waals surface area (Å²) < 4.78 is 32.5. The molecule has 4 nitrogen and oxygen atoms in total. The van der Waals surface area contributed by atoms with E-state index in [0.717, 1.165) is 82.5 Å². The van der Waals surface area contributed by atoms with E-state index in [4.69, 9.17) is 10.6 Å². The van der Waals surface area contributed by atoms with Crippen molar-refractivity contribution in [3.05, 3.63) is 182 Å². The summed E-state index contributed by atoms with van der Waals surface area (Å²) in [6.45, 7) is 0. The van der Waals surface area contributed by atoms with Crippen LogP contribution in [0.1, 0.15) is 64.2 Å². The minimum absolute atomic E-state index is 0.00354. The molecule has 0 N–H and O–H groups in total.